The molecule has 3 heteroatoms. The minimum Gasteiger partial charge on any atom is -0.352 e. The molecule has 88 valence electrons. The van der Waals surface area contributed by atoms with Crippen molar-refractivity contribution >= 4 is 5.91 Å². The summed E-state index contributed by atoms with van der Waals surface area (Å²) in [7, 11) is 0. The lowest BCUT2D eigenvalue weighted by Crippen LogP contribution is -2.34. The van der Waals surface area contributed by atoms with Crippen LogP contribution in [-0.4, -0.2) is 12.5 Å². The van der Waals surface area contributed by atoms with Crippen molar-refractivity contribution in [2.45, 2.75) is 26.8 Å². The normalized spacial score (nSPS) is 12.2. The topological polar surface area (TPSA) is 55.1 Å². The molecular weight excluding hydrogens is 200 g/mol. The molecule has 1 aromatic rings. The Morgan fingerprint density at radius 3 is 2.50 bits per heavy atom. The van der Waals surface area contributed by atoms with E-state index in [2.05, 4.69) is 5.32 Å². The summed E-state index contributed by atoms with van der Waals surface area (Å²) < 4.78 is 0. The predicted molar refractivity (Wildman–Crippen MR) is 65.9 cm³/mol. The molecule has 0 fully saturated rings. The van der Waals surface area contributed by atoms with E-state index in [1.54, 1.807) is 0 Å². The molecule has 0 aliphatic rings. The number of hydrogen-bond donors (Lipinski definition) is 2. The SMILES string of the molecule is CCC(CN)C(=O)NCc1ccc(C)cc1. The first-order chi connectivity index (χ1) is 7.67. The van der Waals surface area contributed by atoms with Crippen LogP contribution in [0, 0.1) is 12.8 Å². The Morgan fingerprint density at radius 2 is 2.00 bits per heavy atom. The highest BCUT2D eigenvalue weighted by molar-refractivity contribution is 5.78. The number of hydrogen-bond acceptors (Lipinski definition) is 2. The molecule has 3 N–H and O–H groups in total. The van der Waals surface area contributed by atoms with Crippen molar-refractivity contribution in [3.63, 3.8) is 0 Å². The maximum atomic E-state index is 11.7. The van der Waals surface area contributed by atoms with E-state index in [1.165, 1.54) is 5.56 Å². The molecule has 0 aliphatic heterocycles. The van der Waals surface area contributed by atoms with Gasteiger partial charge in [-0.25, -0.2) is 0 Å². The molecule has 0 aliphatic carbocycles. The molecule has 0 radical (unpaired) electrons. The standard InChI is InChI=1S/C13H20N2O/c1-3-12(8-14)13(16)15-9-11-6-4-10(2)5-7-11/h4-7,12H,3,8-9,14H2,1-2H3,(H,15,16). The van der Waals surface area contributed by atoms with Crippen molar-refractivity contribution in [3.8, 4) is 0 Å². The van der Waals surface area contributed by atoms with Gasteiger partial charge < -0.3 is 11.1 Å². The zero-order valence-electron chi connectivity index (χ0n) is 9.99. The Hall–Kier alpha value is -1.35. The highest BCUT2D eigenvalue weighted by atomic mass is 16.1. The lowest BCUT2D eigenvalue weighted by Gasteiger charge is -2.12. The Labute approximate surface area is 97.0 Å². The number of nitrogens with one attached hydrogen (secondary N) is 1. The Kier molecular flexibility index (Phi) is 4.99. The minimum absolute atomic E-state index is 0.0468. The summed E-state index contributed by atoms with van der Waals surface area (Å²) in [5.74, 6) is -0.0176. The van der Waals surface area contributed by atoms with Gasteiger partial charge in [-0.2, -0.15) is 0 Å². The predicted octanol–water partition coefficient (Wildman–Crippen LogP) is 1.60. The van der Waals surface area contributed by atoms with Gasteiger partial charge >= 0.3 is 0 Å². The van der Waals surface area contributed by atoms with Crippen LogP contribution in [0.3, 0.4) is 0 Å². The zero-order chi connectivity index (χ0) is 12.0. The summed E-state index contributed by atoms with van der Waals surface area (Å²) in [4.78, 5) is 11.7. The summed E-state index contributed by atoms with van der Waals surface area (Å²) in [5, 5.41) is 2.90. The largest absolute Gasteiger partial charge is 0.352 e. The molecule has 1 amide bonds. The first kappa shape index (κ1) is 12.7. The van der Waals surface area contributed by atoms with Crippen LogP contribution in [-0.2, 0) is 11.3 Å². The van der Waals surface area contributed by atoms with E-state index in [0.717, 1.165) is 12.0 Å². The third-order valence-corrected chi connectivity index (χ3v) is 2.74. The number of benzene rings is 1. The second-order valence-electron chi connectivity index (χ2n) is 4.04. The van der Waals surface area contributed by atoms with Gasteiger partial charge in [0, 0.05) is 19.0 Å². The lowest BCUT2D eigenvalue weighted by molar-refractivity contribution is -0.124. The minimum atomic E-state index is -0.0644. The smallest absolute Gasteiger partial charge is 0.224 e. The molecule has 0 saturated carbocycles. The molecule has 1 unspecified atom stereocenters. The molecule has 1 rings (SSSR count). The summed E-state index contributed by atoms with van der Waals surface area (Å²) in [6.45, 7) is 5.01. The molecule has 0 spiro atoms. The summed E-state index contributed by atoms with van der Waals surface area (Å²) >= 11 is 0. The van der Waals surface area contributed by atoms with Crippen LogP contribution >= 0.6 is 0 Å². The van der Waals surface area contributed by atoms with Crippen molar-refractivity contribution in [2.24, 2.45) is 11.7 Å². The van der Waals surface area contributed by atoms with Gasteiger partial charge in [-0.05, 0) is 18.9 Å². The lowest BCUT2D eigenvalue weighted by atomic mass is 10.1. The van der Waals surface area contributed by atoms with E-state index >= 15 is 0 Å². The quantitative estimate of drug-likeness (QED) is 0.792. The second kappa shape index (κ2) is 6.28. The fourth-order valence-electron chi connectivity index (χ4n) is 1.50. The molecule has 0 saturated heterocycles. The van der Waals surface area contributed by atoms with Gasteiger partial charge in [-0.15, -0.1) is 0 Å². The molecule has 0 heterocycles. The van der Waals surface area contributed by atoms with Crippen LogP contribution in [0.4, 0.5) is 0 Å². The number of nitrogens with two attached hydrogens (primary N) is 1. The van der Waals surface area contributed by atoms with Gasteiger partial charge in [0.1, 0.15) is 0 Å². The number of rotatable bonds is 5. The van der Waals surface area contributed by atoms with Gasteiger partial charge in [0.25, 0.3) is 0 Å². The van der Waals surface area contributed by atoms with Crippen LogP contribution < -0.4 is 11.1 Å². The third-order valence-electron chi connectivity index (χ3n) is 2.74. The average molecular weight is 220 g/mol. The number of aryl methyl sites for hydroxylation is 1. The molecule has 1 atom stereocenters. The first-order valence-electron chi connectivity index (χ1n) is 5.70. The number of carbonyl (C=O) groups is 1. The molecule has 0 aromatic heterocycles. The second-order valence-corrected chi connectivity index (χ2v) is 4.04. The Bertz CT molecular complexity index is 328. The van der Waals surface area contributed by atoms with Crippen LogP contribution in [0.2, 0.25) is 0 Å². The summed E-state index contributed by atoms with van der Waals surface area (Å²) in [5.41, 5.74) is 7.85. The van der Waals surface area contributed by atoms with E-state index in [-0.39, 0.29) is 11.8 Å². The van der Waals surface area contributed by atoms with Crippen LogP contribution in [0.15, 0.2) is 24.3 Å². The van der Waals surface area contributed by atoms with Crippen molar-refractivity contribution < 1.29 is 4.79 Å². The van der Waals surface area contributed by atoms with E-state index in [0.29, 0.717) is 13.1 Å². The van der Waals surface area contributed by atoms with Crippen LogP contribution in [0.1, 0.15) is 24.5 Å². The molecule has 16 heavy (non-hydrogen) atoms. The zero-order valence-corrected chi connectivity index (χ0v) is 9.99. The Morgan fingerprint density at radius 1 is 1.38 bits per heavy atom. The number of carbonyl (C=O) groups excluding carboxylic acids is 1. The van der Waals surface area contributed by atoms with Crippen LogP contribution in [0.5, 0.6) is 0 Å². The highest BCUT2D eigenvalue weighted by Gasteiger charge is 2.13. The van der Waals surface area contributed by atoms with Gasteiger partial charge in [0.2, 0.25) is 5.91 Å². The van der Waals surface area contributed by atoms with Crippen molar-refractivity contribution in [3.05, 3.63) is 35.4 Å². The molecule has 1 aromatic carbocycles. The van der Waals surface area contributed by atoms with E-state index in [4.69, 9.17) is 5.73 Å². The first-order valence-corrected chi connectivity index (χ1v) is 5.70. The highest BCUT2D eigenvalue weighted by Crippen LogP contribution is 2.04. The van der Waals surface area contributed by atoms with Crippen molar-refractivity contribution in [1.29, 1.82) is 0 Å². The fraction of sp³-hybridized carbons (Fsp3) is 0.462. The molecule has 3 nitrogen and oxygen atoms in total. The van der Waals surface area contributed by atoms with Crippen molar-refractivity contribution in [2.75, 3.05) is 6.54 Å². The fourth-order valence-corrected chi connectivity index (χ4v) is 1.50. The molecule has 0 bridgehead atoms. The van der Waals surface area contributed by atoms with Crippen molar-refractivity contribution in [1.82, 2.24) is 5.32 Å². The van der Waals surface area contributed by atoms with Crippen LogP contribution in [0.25, 0.3) is 0 Å². The van der Waals surface area contributed by atoms with E-state index < -0.39 is 0 Å². The van der Waals surface area contributed by atoms with E-state index in [9.17, 15) is 4.79 Å². The summed E-state index contributed by atoms with van der Waals surface area (Å²) in [6.07, 6.45) is 0.788. The third kappa shape index (κ3) is 3.66. The van der Waals surface area contributed by atoms with Gasteiger partial charge in [0.15, 0.2) is 0 Å². The monoisotopic (exact) mass is 220 g/mol. The van der Waals surface area contributed by atoms with Gasteiger partial charge in [0.05, 0.1) is 0 Å². The molecular formula is C13H20N2O. The maximum absolute atomic E-state index is 11.7. The summed E-state index contributed by atoms with van der Waals surface area (Å²) in [6, 6.07) is 8.14. The van der Waals surface area contributed by atoms with E-state index in [1.807, 2.05) is 38.1 Å². The van der Waals surface area contributed by atoms with Gasteiger partial charge in [-0.1, -0.05) is 36.8 Å². The maximum Gasteiger partial charge on any atom is 0.224 e. The average Bonchev–Trinajstić information content (AvgIpc) is 2.30. The van der Waals surface area contributed by atoms with Gasteiger partial charge in [-0.3, -0.25) is 4.79 Å². The Balaban J connectivity index is 2.45. The number of amides is 1.